The number of esters is 4. The first kappa shape index (κ1) is 37.6. The van der Waals surface area contributed by atoms with Gasteiger partial charge in [0.1, 0.15) is 11.5 Å². The molecule has 10 nitrogen and oxygen atoms in total. The number of hydrogen-bond acceptors (Lipinski definition) is 10. The van der Waals surface area contributed by atoms with E-state index >= 15 is 0 Å². The molecule has 10 heteroatoms. The monoisotopic (exact) mass is 714 g/mol. The van der Waals surface area contributed by atoms with Gasteiger partial charge in [-0.3, -0.25) is 0 Å². The third-order valence-electron chi connectivity index (χ3n) is 8.63. The van der Waals surface area contributed by atoms with Crippen molar-refractivity contribution in [3.63, 3.8) is 0 Å². The highest BCUT2D eigenvalue weighted by molar-refractivity contribution is 5.87. The average Bonchev–Trinajstić information content (AvgIpc) is 3.49. The maximum Gasteiger partial charge on any atom is 0.421 e. The van der Waals surface area contributed by atoms with Gasteiger partial charge in [0.25, 0.3) is 0 Å². The molecule has 0 spiro atoms. The summed E-state index contributed by atoms with van der Waals surface area (Å²) in [4.78, 5) is 49.0. The normalized spacial score (nSPS) is 12.5. The summed E-state index contributed by atoms with van der Waals surface area (Å²) in [6, 6.07) is 30.5. The number of rotatable bonds is 16. The molecule has 0 radical (unpaired) electrons. The van der Waals surface area contributed by atoms with Crippen molar-refractivity contribution in [3.8, 4) is 22.6 Å². The Labute approximate surface area is 307 Å². The van der Waals surface area contributed by atoms with Gasteiger partial charge in [-0.1, -0.05) is 113 Å². The molecule has 1 aliphatic rings. The van der Waals surface area contributed by atoms with Crippen LogP contribution in [0.1, 0.15) is 48.9 Å². The molecule has 4 aromatic rings. The summed E-state index contributed by atoms with van der Waals surface area (Å²) in [6.07, 6.45) is 3.70. The summed E-state index contributed by atoms with van der Waals surface area (Å²) in [7, 11) is 0. The lowest BCUT2D eigenvalue weighted by Gasteiger charge is -2.35. The Morgan fingerprint density at radius 3 is 1.09 bits per heavy atom. The molecule has 0 aromatic heterocycles. The molecule has 0 amide bonds. The van der Waals surface area contributed by atoms with Crippen molar-refractivity contribution < 1.29 is 47.6 Å². The molecule has 0 N–H and O–H groups in total. The fourth-order valence-corrected chi connectivity index (χ4v) is 6.27. The van der Waals surface area contributed by atoms with Crippen LogP contribution in [0.2, 0.25) is 0 Å². The first-order valence-corrected chi connectivity index (χ1v) is 16.7. The molecular weight excluding hydrogens is 676 g/mol. The lowest BCUT2D eigenvalue weighted by molar-refractivity contribution is -0.308. The molecule has 0 heterocycles. The van der Waals surface area contributed by atoms with Crippen molar-refractivity contribution in [3.05, 3.63) is 170 Å². The van der Waals surface area contributed by atoms with Gasteiger partial charge >= 0.3 is 35.8 Å². The summed E-state index contributed by atoms with van der Waals surface area (Å²) in [5.74, 6) is -7.04. The van der Waals surface area contributed by atoms with Gasteiger partial charge < -0.3 is 28.4 Å². The second-order valence-electron chi connectivity index (χ2n) is 11.7. The van der Waals surface area contributed by atoms with Crippen molar-refractivity contribution in [2.75, 3.05) is 0 Å². The van der Waals surface area contributed by atoms with Crippen LogP contribution in [0.15, 0.2) is 148 Å². The Balaban J connectivity index is 1.62. The van der Waals surface area contributed by atoms with E-state index in [1.54, 1.807) is 38.1 Å². The molecule has 0 atom stereocenters. The van der Waals surface area contributed by atoms with Gasteiger partial charge in [-0.15, -0.1) is 0 Å². The zero-order valence-corrected chi connectivity index (χ0v) is 29.4. The van der Waals surface area contributed by atoms with E-state index in [0.29, 0.717) is 0 Å². The molecular formula is C43H38O10. The summed E-state index contributed by atoms with van der Waals surface area (Å²) < 4.78 is 33.7. The summed E-state index contributed by atoms with van der Waals surface area (Å²) >= 11 is 0. The predicted molar refractivity (Wildman–Crippen MR) is 196 cm³/mol. The van der Waals surface area contributed by atoms with Gasteiger partial charge in [-0.25, -0.2) is 19.2 Å². The first-order valence-electron chi connectivity index (χ1n) is 16.7. The van der Waals surface area contributed by atoms with Crippen molar-refractivity contribution in [2.45, 2.75) is 44.1 Å². The third-order valence-corrected chi connectivity index (χ3v) is 8.63. The van der Waals surface area contributed by atoms with E-state index in [4.69, 9.17) is 28.4 Å². The third kappa shape index (κ3) is 7.38. The minimum absolute atomic E-state index is 0.0358. The van der Waals surface area contributed by atoms with Crippen molar-refractivity contribution in [1.29, 1.82) is 0 Å². The summed E-state index contributed by atoms with van der Waals surface area (Å²) in [5.41, 5.74) is 4.95. The first-order chi connectivity index (χ1) is 25.5. The zero-order valence-electron chi connectivity index (χ0n) is 29.4. The lowest BCUT2D eigenvalue weighted by atomic mass is 9.68. The Morgan fingerprint density at radius 2 is 0.811 bits per heavy atom. The van der Waals surface area contributed by atoms with Crippen LogP contribution in [-0.2, 0) is 43.5 Å². The van der Waals surface area contributed by atoms with Crippen molar-refractivity contribution in [2.24, 2.45) is 0 Å². The fourth-order valence-electron chi connectivity index (χ4n) is 6.27. The van der Waals surface area contributed by atoms with E-state index in [-0.39, 0.29) is 24.3 Å². The quantitative estimate of drug-likeness (QED) is 0.0567. The lowest BCUT2D eigenvalue weighted by Crippen LogP contribution is -2.44. The Hall–Kier alpha value is -6.68. The molecule has 0 aliphatic heterocycles. The molecule has 5 rings (SSSR count). The number of benzene rings is 4. The van der Waals surface area contributed by atoms with Crippen LogP contribution >= 0.6 is 0 Å². The number of fused-ring (bicyclic) bond motifs is 3. The number of ether oxygens (including phenoxy) is 6. The Bertz CT molecular complexity index is 1870. The van der Waals surface area contributed by atoms with Crippen LogP contribution in [0.25, 0.3) is 11.1 Å². The smallest absolute Gasteiger partial charge is 0.420 e. The van der Waals surface area contributed by atoms with E-state index in [9.17, 15) is 19.2 Å². The highest BCUT2D eigenvalue weighted by atomic mass is 16.9. The van der Waals surface area contributed by atoms with Gasteiger partial charge in [0.05, 0.1) is 18.3 Å². The van der Waals surface area contributed by atoms with Crippen LogP contribution in [0, 0.1) is 0 Å². The highest BCUT2D eigenvalue weighted by Gasteiger charge is 2.47. The van der Waals surface area contributed by atoms with Gasteiger partial charge in [0, 0.05) is 24.3 Å². The zero-order chi connectivity index (χ0) is 38.2. The van der Waals surface area contributed by atoms with Gasteiger partial charge in [0.15, 0.2) is 0 Å². The van der Waals surface area contributed by atoms with E-state index in [2.05, 4.69) is 50.6 Å². The van der Waals surface area contributed by atoms with Crippen LogP contribution < -0.4 is 9.47 Å². The SMILES string of the molecule is C=CC(=O)OC(CC)(OC(=O)C=C)Oc1ccc(C2(c3ccc(OC(CC)(OC(=O)C=C)OC(=O)C=C)cc3)c3ccccc3-c3ccccc32)cc1. The van der Waals surface area contributed by atoms with E-state index < -0.39 is 41.2 Å². The van der Waals surface area contributed by atoms with Crippen LogP contribution in [0.5, 0.6) is 11.5 Å². The van der Waals surface area contributed by atoms with Gasteiger partial charge in [-0.2, -0.15) is 0 Å². The summed E-state index contributed by atoms with van der Waals surface area (Å²) in [5, 5.41) is 0. The minimum atomic E-state index is -2.08. The minimum Gasteiger partial charge on any atom is -0.420 e. The van der Waals surface area contributed by atoms with Crippen molar-refractivity contribution in [1.82, 2.24) is 0 Å². The second-order valence-corrected chi connectivity index (χ2v) is 11.7. The molecule has 270 valence electrons. The average molecular weight is 715 g/mol. The highest BCUT2D eigenvalue weighted by Crippen LogP contribution is 2.56. The molecule has 53 heavy (non-hydrogen) atoms. The molecule has 0 bridgehead atoms. The number of carbonyl (C=O) groups excluding carboxylic acids is 4. The predicted octanol–water partition coefficient (Wildman–Crippen LogP) is 7.85. The van der Waals surface area contributed by atoms with Gasteiger partial charge in [-0.05, 0) is 57.6 Å². The molecule has 4 aromatic carbocycles. The van der Waals surface area contributed by atoms with E-state index in [1.807, 2.05) is 48.5 Å². The van der Waals surface area contributed by atoms with Crippen LogP contribution in [-0.4, -0.2) is 35.8 Å². The topological polar surface area (TPSA) is 124 Å². The van der Waals surface area contributed by atoms with Crippen LogP contribution in [0.3, 0.4) is 0 Å². The van der Waals surface area contributed by atoms with Crippen LogP contribution in [0.4, 0.5) is 0 Å². The van der Waals surface area contributed by atoms with Crippen molar-refractivity contribution >= 4 is 23.9 Å². The Kier molecular flexibility index (Phi) is 11.1. The molecule has 1 aliphatic carbocycles. The maximum absolute atomic E-state index is 12.2. The molecule has 0 saturated carbocycles. The van der Waals surface area contributed by atoms with E-state index in [1.165, 1.54) is 0 Å². The van der Waals surface area contributed by atoms with E-state index in [0.717, 1.165) is 57.7 Å². The van der Waals surface area contributed by atoms with Gasteiger partial charge in [0.2, 0.25) is 0 Å². The fraction of sp³-hybridized carbons (Fsp3) is 0.163. The second kappa shape index (κ2) is 15.7. The maximum atomic E-state index is 12.2. The summed E-state index contributed by atoms with van der Waals surface area (Å²) in [6.45, 7) is 17.0. The molecule has 0 fully saturated rings. The number of carbonyl (C=O) groups is 4. The standard InChI is InChI=1S/C43H38O10/c1-7-37(44)50-41(11-5,51-38(45)8-2)48-31-25-21-29(22-26-31)43(35-19-15-13-17-33(35)34-18-14-16-20-36(34)43)30-23-27-32(28-24-30)49-42(12-6,52-39(46)9-3)53-40(47)10-4/h7-10,13-28H,1-4,11-12H2,5-6H3. The Morgan fingerprint density at radius 1 is 0.509 bits per heavy atom. The number of hydrogen-bond donors (Lipinski definition) is 0. The molecule has 0 unspecified atom stereocenters. The molecule has 0 saturated heterocycles. The largest absolute Gasteiger partial charge is 0.421 e.